The van der Waals surface area contributed by atoms with Crippen LogP contribution in [-0.4, -0.2) is 18.2 Å². The second kappa shape index (κ2) is 5.19. The third-order valence-electron chi connectivity index (χ3n) is 3.28. The largest absolute Gasteiger partial charge is 0.507 e. The Kier molecular flexibility index (Phi) is 3.87. The van der Waals surface area contributed by atoms with Crippen LogP contribution in [0.3, 0.4) is 0 Å². The molecule has 0 aromatic heterocycles. The molecule has 0 amide bonds. The molecule has 2 rings (SSSR count). The number of rotatable bonds is 3. The van der Waals surface area contributed by atoms with Crippen molar-refractivity contribution in [2.24, 2.45) is 5.92 Å². The first kappa shape index (κ1) is 11.9. The van der Waals surface area contributed by atoms with Crippen LogP contribution in [0.15, 0.2) is 16.6 Å². The molecule has 1 unspecified atom stereocenters. The number of nitrogens with one attached hydrogen (secondary N) is 1. The van der Waals surface area contributed by atoms with Crippen LogP contribution in [0.5, 0.6) is 5.75 Å². The number of aromatic hydroxyl groups is 1. The molecule has 2 N–H and O–H groups in total. The van der Waals surface area contributed by atoms with E-state index in [-0.39, 0.29) is 0 Å². The minimum Gasteiger partial charge on any atom is -0.507 e. The summed E-state index contributed by atoms with van der Waals surface area (Å²) >= 11 is 3.51. The van der Waals surface area contributed by atoms with Crippen LogP contribution in [0.1, 0.15) is 24.5 Å². The van der Waals surface area contributed by atoms with Crippen molar-refractivity contribution in [1.82, 2.24) is 5.32 Å². The zero-order valence-electron chi connectivity index (χ0n) is 9.59. The van der Waals surface area contributed by atoms with Gasteiger partial charge in [-0.3, -0.25) is 0 Å². The van der Waals surface area contributed by atoms with Crippen LogP contribution in [0.4, 0.5) is 0 Å². The summed E-state index contributed by atoms with van der Waals surface area (Å²) < 4.78 is 1.07. The Morgan fingerprint density at radius 3 is 2.81 bits per heavy atom. The quantitative estimate of drug-likeness (QED) is 0.894. The molecule has 1 aliphatic rings. The highest BCUT2D eigenvalue weighted by Gasteiger charge is 2.17. The van der Waals surface area contributed by atoms with Crippen LogP contribution in [-0.2, 0) is 12.8 Å². The van der Waals surface area contributed by atoms with E-state index >= 15 is 0 Å². The molecule has 16 heavy (non-hydrogen) atoms. The Bertz CT molecular complexity index is 372. The van der Waals surface area contributed by atoms with Crippen molar-refractivity contribution in [3.63, 3.8) is 0 Å². The van der Waals surface area contributed by atoms with E-state index in [1.54, 1.807) is 0 Å². The molecule has 1 fully saturated rings. The van der Waals surface area contributed by atoms with E-state index in [2.05, 4.69) is 28.2 Å². The van der Waals surface area contributed by atoms with E-state index in [1.165, 1.54) is 6.42 Å². The Balaban J connectivity index is 2.21. The SMILES string of the molecule is CCc1cc(Br)cc(CC2CCNC2)c1O. The number of benzene rings is 1. The summed E-state index contributed by atoms with van der Waals surface area (Å²) in [5.74, 6) is 1.17. The van der Waals surface area contributed by atoms with Gasteiger partial charge in [0.1, 0.15) is 5.75 Å². The van der Waals surface area contributed by atoms with Crippen LogP contribution < -0.4 is 5.32 Å². The average Bonchev–Trinajstić information content (AvgIpc) is 2.75. The monoisotopic (exact) mass is 283 g/mol. The van der Waals surface area contributed by atoms with Gasteiger partial charge in [-0.1, -0.05) is 22.9 Å². The van der Waals surface area contributed by atoms with Crippen LogP contribution in [0, 0.1) is 5.92 Å². The Morgan fingerprint density at radius 2 is 2.19 bits per heavy atom. The summed E-state index contributed by atoms with van der Waals surface area (Å²) in [6.07, 6.45) is 3.07. The van der Waals surface area contributed by atoms with Gasteiger partial charge in [-0.15, -0.1) is 0 Å². The molecule has 1 heterocycles. The number of halogens is 1. The maximum absolute atomic E-state index is 10.1. The zero-order valence-corrected chi connectivity index (χ0v) is 11.2. The fourth-order valence-corrected chi connectivity index (χ4v) is 2.89. The van der Waals surface area contributed by atoms with Crippen molar-refractivity contribution in [3.05, 3.63) is 27.7 Å². The van der Waals surface area contributed by atoms with Crippen molar-refractivity contribution in [1.29, 1.82) is 0 Å². The minimum atomic E-state index is 0.498. The molecule has 88 valence electrons. The van der Waals surface area contributed by atoms with Gasteiger partial charge in [-0.2, -0.15) is 0 Å². The minimum absolute atomic E-state index is 0.498. The molecule has 3 heteroatoms. The maximum Gasteiger partial charge on any atom is 0.122 e. The Morgan fingerprint density at radius 1 is 1.44 bits per heavy atom. The van der Waals surface area contributed by atoms with Crippen LogP contribution in [0.2, 0.25) is 0 Å². The topological polar surface area (TPSA) is 32.3 Å². The smallest absolute Gasteiger partial charge is 0.122 e. The maximum atomic E-state index is 10.1. The van der Waals surface area contributed by atoms with Crippen LogP contribution >= 0.6 is 15.9 Å². The summed E-state index contributed by atoms with van der Waals surface area (Å²) in [6.45, 7) is 4.26. The van der Waals surface area contributed by atoms with Gasteiger partial charge in [0.05, 0.1) is 0 Å². The van der Waals surface area contributed by atoms with Crippen molar-refractivity contribution in [2.45, 2.75) is 26.2 Å². The van der Waals surface area contributed by atoms with Crippen molar-refractivity contribution in [3.8, 4) is 5.75 Å². The summed E-state index contributed by atoms with van der Waals surface area (Å²) in [7, 11) is 0. The molecular formula is C13H18BrNO. The van der Waals surface area contributed by atoms with E-state index < -0.39 is 0 Å². The zero-order chi connectivity index (χ0) is 11.5. The fraction of sp³-hybridized carbons (Fsp3) is 0.538. The molecule has 0 radical (unpaired) electrons. The number of hydrogen-bond acceptors (Lipinski definition) is 2. The molecule has 1 atom stereocenters. The average molecular weight is 284 g/mol. The summed E-state index contributed by atoms with van der Waals surface area (Å²) in [4.78, 5) is 0. The molecule has 0 saturated carbocycles. The van der Waals surface area contributed by atoms with E-state index in [9.17, 15) is 5.11 Å². The normalized spacial score (nSPS) is 20.2. The molecule has 0 aliphatic carbocycles. The van der Waals surface area contributed by atoms with Gasteiger partial charge in [0.2, 0.25) is 0 Å². The predicted molar refractivity (Wildman–Crippen MR) is 69.9 cm³/mol. The highest BCUT2D eigenvalue weighted by Crippen LogP contribution is 2.30. The van der Waals surface area contributed by atoms with Crippen molar-refractivity contribution >= 4 is 15.9 Å². The van der Waals surface area contributed by atoms with Gasteiger partial charge < -0.3 is 10.4 Å². The molecule has 0 bridgehead atoms. The predicted octanol–water partition coefficient (Wildman–Crippen LogP) is 2.87. The molecule has 1 aromatic rings. The van der Waals surface area contributed by atoms with Gasteiger partial charge in [-0.05, 0) is 61.5 Å². The Labute approximate surface area is 105 Å². The third kappa shape index (κ3) is 2.58. The first-order valence-electron chi connectivity index (χ1n) is 5.91. The molecule has 0 spiro atoms. The number of aryl methyl sites for hydroxylation is 1. The second-order valence-electron chi connectivity index (χ2n) is 4.49. The fourth-order valence-electron chi connectivity index (χ4n) is 2.34. The third-order valence-corrected chi connectivity index (χ3v) is 3.74. The van der Waals surface area contributed by atoms with Gasteiger partial charge >= 0.3 is 0 Å². The number of hydrogen-bond donors (Lipinski definition) is 2. The Hall–Kier alpha value is -0.540. The van der Waals surface area contributed by atoms with Gasteiger partial charge in [0, 0.05) is 4.47 Å². The van der Waals surface area contributed by atoms with Crippen LogP contribution in [0.25, 0.3) is 0 Å². The lowest BCUT2D eigenvalue weighted by atomic mass is 9.96. The van der Waals surface area contributed by atoms with E-state index in [0.29, 0.717) is 11.7 Å². The lowest BCUT2D eigenvalue weighted by Gasteiger charge is -2.13. The van der Waals surface area contributed by atoms with E-state index in [4.69, 9.17) is 0 Å². The first-order chi connectivity index (χ1) is 7.70. The second-order valence-corrected chi connectivity index (χ2v) is 5.40. The van der Waals surface area contributed by atoms with Gasteiger partial charge in [0.15, 0.2) is 0 Å². The van der Waals surface area contributed by atoms with Gasteiger partial charge in [-0.25, -0.2) is 0 Å². The highest BCUT2D eigenvalue weighted by molar-refractivity contribution is 9.10. The highest BCUT2D eigenvalue weighted by atomic mass is 79.9. The lowest BCUT2D eigenvalue weighted by Crippen LogP contribution is -2.11. The summed E-state index contributed by atoms with van der Waals surface area (Å²) in [6, 6.07) is 4.05. The first-order valence-corrected chi connectivity index (χ1v) is 6.71. The summed E-state index contributed by atoms with van der Waals surface area (Å²) in [5, 5.41) is 13.5. The van der Waals surface area contributed by atoms with E-state index in [0.717, 1.165) is 41.5 Å². The summed E-state index contributed by atoms with van der Waals surface area (Å²) in [5.41, 5.74) is 2.12. The molecule has 1 aliphatic heterocycles. The molecule has 2 nitrogen and oxygen atoms in total. The molecule has 1 saturated heterocycles. The molecular weight excluding hydrogens is 266 g/mol. The number of phenolic OH excluding ortho intramolecular Hbond substituents is 1. The van der Waals surface area contributed by atoms with Crippen molar-refractivity contribution < 1.29 is 5.11 Å². The van der Waals surface area contributed by atoms with Crippen molar-refractivity contribution in [2.75, 3.05) is 13.1 Å². The molecule has 1 aromatic carbocycles. The van der Waals surface area contributed by atoms with E-state index in [1.807, 2.05) is 12.1 Å². The lowest BCUT2D eigenvalue weighted by molar-refractivity contribution is 0.453. The standard InChI is InChI=1S/C13H18BrNO/c1-2-10-6-12(14)7-11(13(10)16)5-9-3-4-15-8-9/h6-7,9,15-16H,2-5,8H2,1H3. The number of phenols is 1. The van der Waals surface area contributed by atoms with Gasteiger partial charge in [0.25, 0.3) is 0 Å².